The molecule has 3 aliphatic heterocycles. The molecule has 2 atom stereocenters. The Balaban J connectivity index is 1.36. The van der Waals surface area contributed by atoms with Crippen molar-refractivity contribution in [2.45, 2.75) is 78.4 Å². The molecule has 0 aromatic heterocycles. The molecule has 4 heteroatoms. The maximum Gasteiger partial charge on any atom is 0.407 e. The van der Waals surface area contributed by atoms with Gasteiger partial charge >= 0.3 is 6.09 Å². The number of nitrogens with one attached hydrogen (secondary N) is 1. The zero-order chi connectivity index (χ0) is 24.3. The number of carbonyl (C=O) groups excluding carboxylic acids is 1. The van der Waals surface area contributed by atoms with Gasteiger partial charge in [-0.05, 0) is 83.8 Å². The van der Waals surface area contributed by atoms with E-state index in [0.29, 0.717) is 5.92 Å². The predicted molar refractivity (Wildman–Crippen MR) is 138 cm³/mol. The largest absolute Gasteiger partial charge is 0.445 e. The number of ether oxygens (including phenoxy) is 1. The van der Waals surface area contributed by atoms with Gasteiger partial charge < -0.3 is 10.1 Å². The van der Waals surface area contributed by atoms with Crippen LogP contribution >= 0.6 is 0 Å². The first-order valence-electron chi connectivity index (χ1n) is 12.9. The van der Waals surface area contributed by atoms with E-state index in [1.165, 1.54) is 33.4 Å². The van der Waals surface area contributed by atoms with Crippen molar-refractivity contribution in [3.63, 3.8) is 0 Å². The minimum atomic E-state index is -0.262. The molecule has 3 fully saturated rings. The Hall–Kier alpha value is -2.33. The van der Waals surface area contributed by atoms with Crippen LogP contribution < -0.4 is 5.32 Å². The van der Waals surface area contributed by atoms with Gasteiger partial charge in [-0.15, -0.1) is 0 Å². The fourth-order valence-electron chi connectivity index (χ4n) is 6.22. The van der Waals surface area contributed by atoms with Gasteiger partial charge in [0.25, 0.3) is 0 Å². The van der Waals surface area contributed by atoms with Crippen molar-refractivity contribution in [3.05, 3.63) is 58.7 Å². The second-order valence-electron chi connectivity index (χ2n) is 12.6. The monoisotopic (exact) mass is 460 g/mol. The van der Waals surface area contributed by atoms with Gasteiger partial charge in [0.05, 0.1) is 6.04 Å². The molecular weight excluding hydrogens is 420 g/mol. The van der Waals surface area contributed by atoms with E-state index in [2.05, 4.69) is 88.2 Å². The van der Waals surface area contributed by atoms with Crippen LogP contribution in [0.25, 0.3) is 11.1 Å². The minimum Gasteiger partial charge on any atom is -0.445 e. The number of rotatable bonds is 3. The van der Waals surface area contributed by atoms with Crippen LogP contribution in [0, 0.1) is 18.3 Å². The summed E-state index contributed by atoms with van der Waals surface area (Å²) in [6, 6.07) is 13.6. The number of carbonyl (C=O) groups is 1. The molecule has 1 unspecified atom stereocenters. The summed E-state index contributed by atoms with van der Waals surface area (Å²) in [5.74, 6) is 0.523. The molecule has 4 aliphatic rings. The number of hydrogen-bond acceptors (Lipinski definition) is 3. The lowest BCUT2D eigenvalue weighted by Gasteiger charge is -2.44. The van der Waals surface area contributed by atoms with Gasteiger partial charge in [0.2, 0.25) is 0 Å². The van der Waals surface area contributed by atoms with Gasteiger partial charge in [-0.1, -0.05) is 76.6 Å². The normalized spacial score (nSPS) is 27.4. The van der Waals surface area contributed by atoms with Gasteiger partial charge in [-0.2, -0.15) is 0 Å². The van der Waals surface area contributed by atoms with E-state index < -0.39 is 0 Å². The standard InChI is InChI=1S/C30H40N2O2/c1-19-13-22(16-24(14-19)29(2,3)4)21-7-8-25-23(15-21)17-30(5,6)27(25)31-28(33)34-26-18-32-11-9-20(26)10-12-32/h7-8,13-16,20,26-27H,9-12,17-18H2,1-6H3,(H,31,33)/t26-,27?/m1/s1. The van der Waals surface area contributed by atoms with Crippen LogP contribution in [-0.2, 0) is 16.6 Å². The molecule has 182 valence electrons. The number of benzene rings is 2. The van der Waals surface area contributed by atoms with E-state index in [1.54, 1.807) is 0 Å². The Morgan fingerprint density at radius 2 is 1.79 bits per heavy atom. The number of fused-ring (bicyclic) bond motifs is 4. The summed E-state index contributed by atoms with van der Waals surface area (Å²) < 4.78 is 5.96. The Morgan fingerprint density at radius 3 is 2.44 bits per heavy atom. The van der Waals surface area contributed by atoms with Crippen molar-refractivity contribution in [2.24, 2.45) is 11.3 Å². The van der Waals surface area contributed by atoms with E-state index in [9.17, 15) is 4.79 Å². The molecule has 6 rings (SSSR count). The SMILES string of the molecule is Cc1cc(-c2ccc3c(c2)CC(C)(C)C3NC(=O)O[C@@H]2CN3CCC2CC3)cc(C(C)(C)C)c1. The van der Waals surface area contributed by atoms with Crippen LogP contribution in [0.2, 0.25) is 0 Å². The molecule has 4 nitrogen and oxygen atoms in total. The summed E-state index contributed by atoms with van der Waals surface area (Å²) in [7, 11) is 0. The highest BCUT2D eigenvalue weighted by Crippen LogP contribution is 2.46. The topological polar surface area (TPSA) is 41.6 Å². The van der Waals surface area contributed by atoms with Crippen LogP contribution in [0.5, 0.6) is 0 Å². The van der Waals surface area contributed by atoms with Crippen molar-refractivity contribution in [3.8, 4) is 11.1 Å². The minimum absolute atomic E-state index is 0.0344. The maximum atomic E-state index is 12.9. The van der Waals surface area contributed by atoms with E-state index in [4.69, 9.17) is 4.74 Å². The predicted octanol–water partition coefficient (Wildman–Crippen LogP) is 6.40. The number of alkyl carbamates (subject to hydrolysis) is 1. The van der Waals surface area contributed by atoms with Crippen LogP contribution in [-0.4, -0.2) is 36.7 Å². The third-order valence-corrected chi connectivity index (χ3v) is 8.27. The second kappa shape index (κ2) is 8.41. The molecule has 1 aliphatic carbocycles. The quantitative estimate of drug-likeness (QED) is 0.576. The molecule has 3 saturated heterocycles. The molecule has 0 spiro atoms. The van der Waals surface area contributed by atoms with Crippen molar-refractivity contribution < 1.29 is 9.53 Å². The highest BCUT2D eigenvalue weighted by molar-refractivity contribution is 5.71. The van der Waals surface area contributed by atoms with E-state index in [-0.39, 0.29) is 29.1 Å². The summed E-state index contributed by atoms with van der Waals surface area (Å²) in [4.78, 5) is 15.4. The van der Waals surface area contributed by atoms with Gasteiger partial charge in [0.1, 0.15) is 6.10 Å². The van der Waals surface area contributed by atoms with Crippen molar-refractivity contribution in [1.82, 2.24) is 10.2 Å². The number of nitrogens with zero attached hydrogens (tertiary/aromatic N) is 1. The Kier molecular flexibility index (Phi) is 5.79. The van der Waals surface area contributed by atoms with E-state index in [1.807, 2.05) is 0 Å². The van der Waals surface area contributed by atoms with Crippen LogP contribution in [0.4, 0.5) is 4.79 Å². The molecular formula is C30H40N2O2. The lowest BCUT2D eigenvalue weighted by Crippen LogP contribution is -2.53. The third kappa shape index (κ3) is 4.49. The zero-order valence-electron chi connectivity index (χ0n) is 21.7. The lowest BCUT2D eigenvalue weighted by atomic mass is 9.84. The molecule has 2 aromatic rings. The van der Waals surface area contributed by atoms with Gasteiger partial charge in [0, 0.05) is 6.54 Å². The van der Waals surface area contributed by atoms with Crippen LogP contribution in [0.1, 0.15) is 75.8 Å². The number of aryl methyl sites for hydroxylation is 1. The fourth-order valence-corrected chi connectivity index (χ4v) is 6.22. The summed E-state index contributed by atoms with van der Waals surface area (Å²) in [6.07, 6.45) is 3.01. The summed E-state index contributed by atoms with van der Waals surface area (Å²) in [5, 5.41) is 3.25. The lowest BCUT2D eigenvalue weighted by molar-refractivity contribution is -0.0348. The van der Waals surface area contributed by atoms with Crippen LogP contribution in [0.15, 0.2) is 36.4 Å². The Labute approximate surface area is 205 Å². The van der Waals surface area contributed by atoms with Crippen LogP contribution in [0.3, 0.4) is 0 Å². The Bertz CT molecular complexity index is 1090. The van der Waals surface area contributed by atoms with Gasteiger partial charge in [-0.25, -0.2) is 4.79 Å². The summed E-state index contributed by atoms with van der Waals surface area (Å²) in [5.41, 5.74) is 7.78. The average molecular weight is 461 g/mol. The highest BCUT2D eigenvalue weighted by Gasteiger charge is 2.42. The third-order valence-electron chi connectivity index (χ3n) is 8.27. The summed E-state index contributed by atoms with van der Waals surface area (Å²) in [6.45, 7) is 16.7. The first kappa shape index (κ1) is 23.4. The smallest absolute Gasteiger partial charge is 0.407 e. The number of hydrogen-bond donors (Lipinski definition) is 1. The first-order valence-corrected chi connectivity index (χ1v) is 12.9. The van der Waals surface area contributed by atoms with Gasteiger partial charge in [0.15, 0.2) is 0 Å². The fraction of sp³-hybridized carbons (Fsp3) is 0.567. The maximum absolute atomic E-state index is 12.9. The molecule has 1 amide bonds. The Morgan fingerprint density at radius 1 is 1.06 bits per heavy atom. The molecule has 34 heavy (non-hydrogen) atoms. The van der Waals surface area contributed by atoms with Gasteiger partial charge in [-0.3, -0.25) is 4.90 Å². The summed E-state index contributed by atoms with van der Waals surface area (Å²) >= 11 is 0. The molecule has 1 N–H and O–H groups in total. The molecule has 3 heterocycles. The average Bonchev–Trinajstić information content (AvgIpc) is 3.02. The number of amides is 1. The van der Waals surface area contributed by atoms with E-state index >= 15 is 0 Å². The van der Waals surface area contributed by atoms with Crippen molar-refractivity contribution in [1.29, 1.82) is 0 Å². The van der Waals surface area contributed by atoms with E-state index in [0.717, 1.165) is 38.9 Å². The highest BCUT2D eigenvalue weighted by atomic mass is 16.6. The first-order chi connectivity index (χ1) is 16.0. The zero-order valence-corrected chi connectivity index (χ0v) is 21.7. The van der Waals surface area contributed by atoms with Crippen molar-refractivity contribution >= 4 is 6.09 Å². The van der Waals surface area contributed by atoms with Crippen molar-refractivity contribution in [2.75, 3.05) is 19.6 Å². The second-order valence-corrected chi connectivity index (χ2v) is 12.6. The number of piperidine rings is 3. The molecule has 0 saturated carbocycles. The molecule has 0 radical (unpaired) electrons. The molecule has 2 bridgehead atoms. The molecule has 2 aromatic carbocycles.